The molecule has 1 atom stereocenters. The Morgan fingerprint density at radius 3 is 2.67 bits per heavy atom. The van der Waals surface area contributed by atoms with Gasteiger partial charge in [0.2, 0.25) is 0 Å². The molecule has 3 nitrogen and oxygen atoms in total. The molecule has 1 heterocycles. The van der Waals surface area contributed by atoms with Crippen molar-refractivity contribution in [3.8, 4) is 0 Å². The second kappa shape index (κ2) is 5.71. The van der Waals surface area contributed by atoms with Crippen LogP contribution in [0.4, 0.5) is 5.69 Å². The van der Waals surface area contributed by atoms with Gasteiger partial charge in [-0.25, -0.2) is 0 Å². The van der Waals surface area contributed by atoms with E-state index < -0.39 is 0 Å². The summed E-state index contributed by atoms with van der Waals surface area (Å²) in [5, 5.41) is 0. The van der Waals surface area contributed by atoms with Crippen molar-refractivity contribution in [3.63, 3.8) is 0 Å². The lowest BCUT2D eigenvalue weighted by Crippen LogP contribution is -2.18. The summed E-state index contributed by atoms with van der Waals surface area (Å²) in [6, 6.07) is 4.10. The lowest BCUT2D eigenvalue weighted by molar-refractivity contribution is 0.758. The number of nitrogens with zero attached hydrogens (tertiary/aromatic N) is 2. The van der Waals surface area contributed by atoms with Crippen molar-refractivity contribution >= 4 is 5.69 Å². The second-order valence-electron chi connectivity index (χ2n) is 4.01. The molecule has 0 radical (unpaired) electrons. The van der Waals surface area contributed by atoms with Gasteiger partial charge >= 0.3 is 0 Å². The molecule has 0 amide bonds. The highest BCUT2D eigenvalue weighted by molar-refractivity contribution is 5.43. The Bertz CT molecular complexity index is 279. The maximum atomic E-state index is 5.74. The van der Waals surface area contributed by atoms with Crippen LogP contribution in [0.25, 0.3) is 0 Å². The van der Waals surface area contributed by atoms with E-state index in [0.717, 1.165) is 17.9 Å². The summed E-state index contributed by atoms with van der Waals surface area (Å²) in [5.41, 5.74) is 7.85. The number of aromatic nitrogens is 1. The van der Waals surface area contributed by atoms with Crippen LogP contribution in [0.15, 0.2) is 18.3 Å². The molecule has 0 saturated heterocycles. The van der Waals surface area contributed by atoms with Gasteiger partial charge in [-0.15, -0.1) is 0 Å². The molecule has 3 heteroatoms. The number of nitrogens with two attached hydrogens (primary N) is 1. The van der Waals surface area contributed by atoms with Crippen molar-refractivity contribution in [1.82, 2.24) is 4.98 Å². The Balaban J connectivity index is 2.62. The van der Waals surface area contributed by atoms with Crippen LogP contribution in [0, 0.1) is 0 Å². The van der Waals surface area contributed by atoms with Crippen molar-refractivity contribution < 1.29 is 0 Å². The standard InChI is InChI=1S/C12H21N3/c1-4-5-8-15(3)11-6-7-12(10(2)13)14-9-11/h6-7,9-10H,4-5,8,13H2,1-3H3/t10-/m1/s1. The minimum absolute atomic E-state index is 0.0139. The first-order valence-corrected chi connectivity index (χ1v) is 5.57. The van der Waals surface area contributed by atoms with E-state index in [9.17, 15) is 0 Å². The first-order valence-electron chi connectivity index (χ1n) is 5.57. The zero-order chi connectivity index (χ0) is 11.3. The van der Waals surface area contributed by atoms with Crippen LogP contribution in [0.2, 0.25) is 0 Å². The van der Waals surface area contributed by atoms with Crippen LogP contribution in [-0.4, -0.2) is 18.6 Å². The molecule has 0 aromatic carbocycles. The topological polar surface area (TPSA) is 42.1 Å². The maximum absolute atomic E-state index is 5.74. The highest BCUT2D eigenvalue weighted by Gasteiger charge is 2.03. The summed E-state index contributed by atoms with van der Waals surface area (Å²) in [5.74, 6) is 0. The van der Waals surface area contributed by atoms with E-state index in [1.807, 2.05) is 19.2 Å². The molecule has 0 aliphatic carbocycles. The van der Waals surface area contributed by atoms with Gasteiger partial charge < -0.3 is 10.6 Å². The minimum atomic E-state index is 0.0139. The highest BCUT2D eigenvalue weighted by Crippen LogP contribution is 2.14. The number of rotatable bonds is 5. The summed E-state index contributed by atoms with van der Waals surface area (Å²) < 4.78 is 0. The van der Waals surface area contributed by atoms with Crippen LogP contribution < -0.4 is 10.6 Å². The molecular weight excluding hydrogens is 186 g/mol. The number of pyridine rings is 1. The van der Waals surface area contributed by atoms with E-state index >= 15 is 0 Å². The third-order valence-corrected chi connectivity index (χ3v) is 2.53. The van der Waals surface area contributed by atoms with Crippen molar-refractivity contribution in [2.45, 2.75) is 32.7 Å². The summed E-state index contributed by atoms with van der Waals surface area (Å²) >= 11 is 0. The molecule has 15 heavy (non-hydrogen) atoms. The molecule has 0 aliphatic heterocycles. The molecule has 1 aromatic rings. The van der Waals surface area contributed by atoms with Crippen molar-refractivity contribution in [2.24, 2.45) is 5.73 Å². The van der Waals surface area contributed by atoms with Crippen molar-refractivity contribution in [2.75, 3.05) is 18.5 Å². The molecule has 0 unspecified atom stereocenters. The molecule has 1 aromatic heterocycles. The smallest absolute Gasteiger partial charge is 0.0569 e. The maximum Gasteiger partial charge on any atom is 0.0569 e. The highest BCUT2D eigenvalue weighted by atomic mass is 15.1. The van der Waals surface area contributed by atoms with Crippen LogP contribution >= 0.6 is 0 Å². The van der Waals surface area contributed by atoms with Gasteiger partial charge in [-0.05, 0) is 25.5 Å². The zero-order valence-electron chi connectivity index (χ0n) is 9.90. The third-order valence-electron chi connectivity index (χ3n) is 2.53. The Hall–Kier alpha value is -1.09. The van der Waals surface area contributed by atoms with Gasteiger partial charge in [0.05, 0.1) is 17.6 Å². The molecule has 84 valence electrons. The minimum Gasteiger partial charge on any atom is -0.373 e. The third kappa shape index (κ3) is 3.51. The molecular formula is C12H21N3. The lowest BCUT2D eigenvalue weighted by Gasteiger charge is -2.18. The van der Waals surface area contributed by atoms with E-state index in [-0.39, 0.29) is 6.04 Å². The van der Waals surface area contributed by atoms with E-state index in [1.165, 1.54) is 12.8 Å². The van der Waals surface area contributed by atoms with Gasteiger partial charge in [0.1, 0.15) is 0 Å². The van der Waals surface area contributed by atoms with Gasteiger partial charge in [0, 0.05) is 19.6 Å². The number of hydrogen-bond donors (Lipinski definition) is 1. The summed E-state index contributed by atoms with van der Waals surface area (Å²) in [6.07, 6.45) is 4.33. The fraction of sp³-hybridized carbons (Fsp3) is 0.583. The molecule has 0 aliphatic rings. The molecule has 0 saturated carbocycles. The van der Waals surface area contributed by atoms with Crippen LogP contribution in [0.1, 0.15) is 38.4 Å². The fourth-order valence-corrected chi connectivity index (χ4v) is 1.42. The Morgan fingerprint density at radius 2 is 2.20 bits per heavy atom. The Kier molecular flexibility index (Phi) is 4.56. The summed E-state index contributed by atoms with van der Waals surface area (Å²) in [6.45, 7) is 5.23. The van der Waals surface area contributed by atoms with Crippen molar-refractivity contribution in [3.05, 3.63) is 24.0 Å². The predicted molar refractivity (Wildman–Crippen MR) is 65.0 cm³/mol. The van der Waals surface area contributed by atoms with Gasteiger partial charge in [-0.2, -0.15) is 0 Å². The van der Waals surface area contributed by atoms with Crippen LogP contribution in [0.5, 0.6) is 0 Å². The van der Waals surface area contributed by atoms with E-state index in [1.54, 1.807) is 0 Å². The van der Waals surface area contributed by atoms with Crippen LogP contribution in [-0.2, 0) is 0 Å². The second-order valence-corrected chi connectivity index (χ2v) is 4.01. The predicted octanol–water partition coefficient (Wildman–Crippen LogP) is 2.34. The van der Waals surface area contributed by atoms with Gasteiger partial charge in [0.15, 0.2) is 0 Å². The average molecular weight is 207 g/mol. The number of hydrogen-bond acceptors (Lipinski definition) is 3. The summed E-state index contributed by atoms with van der Waals surface area (Å²) in [4.78, 5) is 6.56. The fourth-order valence-electron chi connectivity index (χ4n) is 1.42. The molecule has 0 bridgehead atoms. The van der Waals surface area contributed by atoms with Gasteiger partial charge in [-0.1, -0.05) is 13.3 Å². The average Bonchev–Trinajstić information content (AvgIpc) is 2.26. The quantitative estimate of drug-likeness (QED) is 0.805. The molecule has 0 spiro atoms. The normalized spacial score (nSPS) is 12.5. The van der Waals surface area contributed by atoms with E-state index in [4.69, 9.17) is 5.73 Å². The molecule has 1 rings (SSSR count). The van der Waals surface area contributed by atoms with Gasteiger partial charge in [-0.3, -0.25) is 4.98 Å². The summed E-state index contributed by atoms with van der Waals surface area (Å²) in [7, 11) is 2.10. The Labute approximate surface area is 92.3 Å². The van der Waals surface area contributed by atoms with Crippen LogP contribution in [0.3, 0.4) is 0 Å². The number of unbranched alkanes of at least 4 members (excludes halogenated alkanes) is 1. The first-order chi connectivity index (χ1) is 7.15. The number of anilines is 1. The van der Waals surface area contributed by atoms with E-state index in [0.29, 0.717) is 0 Å². The first kappa shape index (κ1) is 12.0. The monoisotopic (exact) mass is 207 g/mol. The van der Waals surface area contributed by atoms with Gasteiger partial charge in [0.25, 0.3) is 0 Å². The lowest BCUT2D eigenvalue weighted by atomic mass is 10.2. The van der Waals surface area contributed by atoms with E-state index in [2.05, 4.69) is 29.9 Å². The van der Waals surface area contributed by atoms with Crippen molar-refractivity contribution in [1.29, 1.82) is 0 Å². The Morgan fingerprint density at radius 1 is 1.47 bits per heavy atom. The SMILES string of the molecule is CCCCN(C)c1ccc([C@@H](C)N)nc1. The molecule has 0 fully saturated rings. The molecule has 2 N–H and O–H groups in total. The largest absolute Gasteiger partial charge is 0.373 e. The zero-order valence-corrected chi connectivity index (χ0v) is 9.90.